The summed E-state index contributed by atoms with van der Waals surface area (Å²) in [6.07, 6.45) is 4.12. The molecular formula is C17H29N3O2S. The molecule has 3 rings (SSSR count). The van der Waals surface area contributed by atoms with Crippen molar-refractivity contribution in [3.63, 3.8) is 0 Å². The summed E-state index contributed by atoms with van der Waals surface area (Å²) in [4.78, 5) is 9.31. The van der Waals surface area contributed by atoms with E-state index in [1.165, 1.54) is 12.1 Å². The maximum Gasteiger partial charge on any atom is 0.0897 e. The molecule has 5 nitrogen and oxygen atoms in total. The molecule has 3 heterocycles. The third-order valence-corrected chi connectivity index (χ3v) is 5.59. The fourth-order valence-corrected chi connectivity index (χ4v) is 4.16. The van der Waals surface area contributed by atoms with Crippen LogP contribution in [-0.4, -0.2) is 73.4 Å². The molecule has 0 amide bonds. The lowest BCUT2D eigenvalue weighted by molar-refractivity contribution is -0.100. The molecule has 2 fully saturated rings. The minimum atomic E-state index is 0.278. The standard InChI is InChI=1S/C17H29N3O2S/c1-13-18-14(12-23-13)10-20-7-6-17-16(20)5-4-15(22-17)11-21-9-8-19(2)3/h12,15-17H,4-11H2,1-3H3/t15-,16-,17-/m0/s1. The molecule has 0 spiro atoms. The van der Waals surface area contributed by atoms with Crippen LogP contribution in [0.2, 0.25) is 0 Å². The topological polar surface area (TPSA) is 37.8 Å². The Labute approximate surface area is 143 Å². The SMILES string of the molecule is Cc1nc(CN2CC[C@@H]3O[C@H](COCCN(C)C)CC[C@@H]32)cs1. The number of aromatic nitrogens is 1. The molecule has 0 radical (unpaired) electrons. The molecule has 2 aliphatic heterocycles. The van der Waals surface area contributed by atoms with Crippen LogP contribution in [-0.2, 0) is 16.0 Å². The first kappa shape index (κ1) is 17.3. The van der Waals surface area contributed by atoms with Crippen molar-refractivity contribution in [2.45, 2.75) is 51.0 Å². The minimum Gasteiger partial charge on any atom is -0.377 e. The number of nitrogens with zero attached hydrogens (tertiary/aromatic N) is 3. The van der Waals surface area contributed by atoms with Gasteiger partial charge in [0.05, 0.1) is 36.1 Å². The average molecular weight is 340 g/mol. The largest absolute Gasteiger partial charge is 0.377 e. The summed E-state index contributed by atoms with van der Waals surface area (Å²) in [5.74, 6) is 0. The van der Waals surface area contributed by atoms with Crippen molar-refractivity contribution in [1.82, 2.24) is 14.8 Å². The van der Waals surface area contributed by atoms with Crippen LogP contribution in [0, 0.1) is 6.92 Å². The predicted octanol–water partition coefficient (Wildman–Crippen LogP) is 2.15. The van der Waals surface area contributed by atoms with E-state index in [-0.39, 0.29) is 6.10 Å². The summed E-state index contributed by atoms with van der Waals surface area (Å²) in [7, 11) is 4.14. The molecule has 0 unspecified atom stereocenters. The lowest BCUT2D eigenvalue weighted by atomic mass is 9.99. The molecule has 0 aliphatic carbocycles. The monoisotopic (exact) mass is 339 g/mol. The van der Waals surface area contributed by atoms with Crippen LogP contribution in [0.25, 0.3) is 0 Å². The van der Waals surface area contributed by atoms with Crippen LogP contribution < -0.4 is 0 Å². The number of fused-ring (bicyclic) bond motifs is 1. The number of ether oxygens (including phenoxy) is 2. The van der Waals surface area contributed by atoms with Gasteiger partial charge in [0, 0.05) is 31.1 Å². The summed E-state index contributed by atoms with van der Waals surface area (Å²) in [6.45, 7) is 6.67. The van der Waals surface area contributed by atoms with Gasteiger partial charge in [0.2, 0.25) is 0 Å². The summed E-state index contributed by atoms with van der Waals surface area (Å²) in [6, 6.07) is 0.565. The molecule has 0 N–H and O–H groups in total. The van der Waals surface area contributed by atoms with E-state index in [4.69, 9.17) is 9.47 Å². The third-order valence-electron chi connectivity index (χ3n) is 4.77. The van der Waals surface area contributed by atoms with E-state index in [0.717, 1.165) is 50.7 Å². The fourth-order valence-electron chi connectivity index (χ4n) is 3.56. The third kappa shape index (κ3) is 4.73. The zero-order valence-electron chi connectivity index (χ0n) is 14.5. The maximum absolute atomic E-state index is 6.29. The number of hydrogen-bond donors (Lipinski definition) is 0. The molecular weight excluding hydrogens is 310 g/mol. The molecule has 1 aromatic rings. The lowest BCUT2D eigenvalue weighted by Gasteiger charge is -2.35. The Balaban J connectivity index is 1.42. The second-order valence-corrected chi connectivity index (χ2v) is 8.00. The quantitative estimate of drug-likeness (QED) is 0.712. The molecule has 6 heteroatoms. The Morgan fingerprint density at radius 2 is 2.26 bits per heavy atom. The molecule has 130 valence electrons. The van der Waals surface area contributed by atoms with E-state index < -0.39 is 0 Å². The van der Waals surface area contributed by atoms with Crippen molar-refractivity contribution >= 4 is 11.3 Å². The van der Waals surface area contributed by atoms with Gasteiger partial charge in [0.15, 0.2) is 0 Å². The van der Waals surface area contributed by atoms with Gasteiger partial charge in [-0.25, -0.2) is 4.98 Å². The first-order valence-corrected chi connectivity index (χ1v) is 9.53. The summed E-state index contributed by atoms with van der Waals surface area (Å²) in [5.41, 5.74) is 1.21. The molecule has 2 aliphatic rings. The Hall–Kier alpha value is -0.530. The van der Waals surface area contributed by atoms with Gasteiger partial charge >= 0.3 is 0 Å². The molecule has 2 saturated heterocycles. The van der Waals surface area contributed by atoms with Crippen LogP contribution in [0.5, 0.6) is 0 Å². The van der Waals surface area contributed by atoms with Gasteiger partial charge < -0.3 is 14.4 Å². The van der Waals surface area contributed by atoms with Crippen molar-refractivity contribution in [2.75, 3.05) is 40.4 Å². The van der Waals surface area contributed by atoms with E-state index in [9.17, 15) is 0 Å². The first-order valence-electron chi connectivity index (χ1n) is 8.65. The summed E-state index contributed by atoms with van der Waals surface area (Å²) in [5, 5.41) is 3.35. The highest BCUT2D eigenvalue weighted by molar-refractivity contribution is 7.09. The van der Waals surface area contributed by atoms with Crippen molar-refractivity contribution in [3.05, 3.63) is 16.1 Å². The summed E-state index contributed by atoms with van der Waals surface area (Å²) >= 11 is 1.74. The number of thiazole rings is 1. The van der Waals surface area contributed by atoms with Gasteiger partial charge in [-0.15, -0.1) is 11.3 Å². The number of aryl methyl sites for hydroxylation is 1. The first-order chi connectivity index (χ1) is 11.1. The lowest BCUT2D eigenvalue weighted by Crippen LogP contribution is -2.43. The molecule has 23 heavy (non-hydrogen) atoms. The van der Waals surface area contributed by atoms with Crippen LogP contribution in [0.15, 0.2) is 5.38 Å². The minimum absolute atomic E-state index is 0.278. The Morgan fingerprint density at radius 1 is 1.39 bits per heavy atom. The van der Waals surface area contributed by atoms with Gasteiger partial charge in [-0.05, 0) is 40.3 Å². The summed E-state index contributed by atoms with van der Waals surface area (Å²) < 4.78 is 12.1. The van der Waals surface area contributed by atoms with Crippen molar-refractivity contribution < 1.29 is 9.47 Å². The van der Waals surface area contributed by atoms with Crippen LogP contribution in [0.3, 0.4) is 0 Å². The zero-order chi connectivity index (χ0) is 16.2. The highest BCUT2D eigenvalue weighted by Crippen LogP contribution is 2.32. The Morgan fingerprint density at radius 3 is 3.00 bits per heavy atom. The van der Waals surface area contributed by atoms with Crippen molar-refractivity contribution in [2.24, 2.45) is 0 Å². The number of likely N-dealkylation sites (N-methyl/N-ethyl adjacent to an activating group) is 1. The maximum atomic E-state index is 6.29. The Bertz CT molecular complexity index is 494. The fraction of sp³-hybridized carbons (Fsp3) is 0.824. The second kappa shape index (κ2) is 8.03. The van der Waals surface area contributed by atoms with Gasteiger partial charge in [-0.3, -0.25) is 4.90 Å². The Kier molecular flexibility index (Phi) is 6.04. The van der Waals surface area contributed by atoms with Gasteiger partial charge in [-0.2, -0.15) is 0 Å². The number of likely N-dealkylation sites (tertiary alicyclic amines) is 1. The molecule has 1 aromatic heterocycles. The molecule has 3 atom stereocenters. The van der Waals surface area contributed by atoms with E-state index in [0.29, 0.717) is 12.1 Å². The number of rotatable bonds is 7. The van der Waals surface area contributed by atoms with E-state index in [2.05, 4.69) is 41.2 Å². The van der Waals surface area contributed by atoms with Crippen LogP contribution in [0.1, 0.15) is 30.0 Å². The van der Waals surface area contributed by atoms with Gasteiger partial charge in [-0.1, -0.05) is 0 Å². The van der Waals surface area contributed by atoms with Crippen LogP contribution >= 0.6 is 11.3 Å². The second-order valence-electron chi connectivity index (χ2n) is 6.94. The smallest absolute Gasteiger partial charge is 0.0897 e. The van der Waals surface area contributed by atoms with Gasteiger partial charge in [0.1, 0.15) is 0 Å². The zero-order valence-corrected chi connectivity index (χ0v) is 15.3. The normalized spacial score (nSPS) is 28.4. The number of hydrogen-bond acceptors (Lipinski definition) is 6. The van der Waals surface area contributed by atoms with Gasteiger partial charge in [0.25, 0.3) is 0 Å². The van der Waals surface area contributed by atoms with Crippen molar-refractivity contribution in [1.29, 1.82) is 0 Å². The molecule has 0 saturated carbocycles. The van der Waals surface area contributed by atoms with Crippen molar-refractivity contribution in [3.8, 4) is 0 Å². The predicted molar refractivity (Wildman–Crippen MR) is 92.9 cm³/mol. The van der Waals surface area contributed by atoms with E-state index in [1.807, 2.05) is 0 Å². The highest BCUT2D eigenvalue weighted by atomic mass is 32.1. The molecule has 0 aromatic carbocycles. The van der Waals surface area contributed by atoms with E-state index in [1.54, 1.807) is 11.3 Å². The highest BCUT2D eigenvalue weighted by Gasteiger charge is 2.39. The molecule has 0 bridgehead atoms. The van der Waals surface area contributed by atoms with Crippen LogP contribution in [0.4, 0.5) is 0 Å². The average Bonchev–Trinajstić information content (AvgIpc) is 3.10. The van der Waals surface area contributed by atoms with E-state index >= 15 is 0 Å².